The molecule has 1 aromatic carbocycles. The quantitative estimate of drug-likeness (QED) is 0.668. The normalized spacial score (nSPS) is 16.2. The molecule has 19 heavy (non-hydrogen) atoms. The van der Waals surface area contributed by atoms with Crippen LogP contribution in [0.2, 0.25) is 0 Å². The van der Waals surface area contributed by atoms with E-state index < -0.39 is 0 Å². The maximum Gasteiger partial charge on any atom is 0.292 e. The number of likely N-dealkylation sites (tertiary alicyclic amines) is 1. The van der Waals surface area contributed by atoms with Crippen LogP contribution >= 0.6 is 0 Å². The number of hydrogen-bond donors (Lipinski definition) is 1. The van der Waals surface area contributed by atoms with Gasteiger partial charge in [-0.25, -0.2) is 0 Å². The Bertz CT molecular complexity index is 482. The Hall–Kier alpha value is -2.11. The Balaban J connectivity index is 2.00. The summed E-state index contributed by atoms with van der Waals surface area (Å²) in [7, 11) is 0. The number of nitrogens with zero attached hydrogens (tertiary/aromatic N) is 2. The number of nitrogens with one attached hydrogen (secondary N) is 1. The number of benzene rings is 1. The van der Waals surface area contributed by atoms with Gasteiger partial charge in [-0.05, 0) is 18.9 Å². The molecular formula is C13H17N3O3. The van der Waals surface area contributed by atoms with Crippen molar-refractivity contribution in [2.24, 2.45) is 0 Å². The first kappa shape index (κ1) is 13.3. The van der Waals surface area contributed by atoms with Crippen molar-refractivity contribution < 1.29 is 9.72 Å². The van der Waals surface area contributed by atoms with E-state index in [0.717, 1.165) is 12.8 Å². The van der Waals surface area contributed by atoms with Crippen molar-refractivity contribution in [3.8, 4) is 0 Å². The first-order valence-corrected chi connectivity index (χ1v) is 6.33. The minimum Gasteiger partial charge on any atom is -0.377 e. The van der Waals surface area contributed by atoms with Gasteiger partial charge in [0.25, 0.3) is 5.69 Å². The summed E-state index contributed by atoms with van der Waals surface area (Å²) in [6.45, 7) is 2.97. The molecular weight excluding hydrogens is 246 g/mol. The molecule has 1 N–H and O–H groups in total. The van der Waals surface area contributed by atoms with Gasteiger partial charge in [0.05, 0.1) is 4.92 Å². The highest BCUT2D eigenvalue weighted by Crippen LogP contribution is 2.26. The van der Waals surface area contributed by atoms with Crippen molar-refractivity contribution in [1.82, 2.24) is 4.90 Å². The lowest BCUT2D eigenvalue weighted by Gasteiger charge is -2.32. The van der Waals surface area contributed by atoms with Crippen LogP contribution < -0.4 is 5.32 Å². The van der Waals surface area contributed by atoms with Gasteiger partial charge in [-0.3, -0.25) is 14.9 Å². The number of carbonyl (C=O) groups is 1. The number of amides is 1. The SMILES string of the molecule is CC(=O)N1CCC(Nc2ccccc2[N+](=O)[O-])CC1. The van der Waals surface area contributed by atoms with Gasteiger partial charge < -0.3 is 10.2 Å². The molecule has 6 heteroatoms. The van der Waals surface area contributed by atoms with Crippen LogP contribution in [0.25, 0.3) is 0 Å². The molecule has 1 amide bonds. The number of anilines is 1. The van der Waals surface area contributed by atoms with Gasteiger partial charge in [0.1, 0.15) is 5.69 Å². The number of rotatable bonds is 3. The van der Waals surface area contributed by atoms with E-state index in [4.69, 9.17) is 0 Å². The Morgan fingerprint density at radius 1 is 1.37 bits per heavy atom. The third-order valence-corrected chi connectivity index (χ3v) is 3.40. The highest BCUT2D eigenvalue weighted by Gasteiger charge is 2.22. The van der Waals surface area contributed by atoms with E-state index in [1.54, 1.807) is 30.0 Å². The van der Waals surface area contributed by atoms with Crippen LogP contribution in [0.4, 0.5) is 11.4 Å². The molecule has 2 rings (SSSR count). The molecule has 1 aromatic rings. The van der Waals surface area contributed by atoms with Gasteiger partial charge in [-0.15, -0.1) is 0 Å². The van der Waals surface area contributed by atoms with Gasteiger partial charge >= 0.3 is 0 Å². The molecule has 1 heterocycles. The molecule has 6 nitrogen and oxygen atoms in total. The van der Waals surface area contributed by atoms with Gasteiger partial charge in [0.2, 0.25) is 5.91 Å². The lowest BCUT2D eigenvalue weighted by atomic mass is 10.0. The first-order chi connectivity index (χ1) is 9.08. The number of carbonyl (C=O) groups excluding carboxylic acids is 1. The topological polar surface area (TPSA) is 75.5 Å². The summed E-state index contributed by atoms with van der Waals surface area (Å²) in [6.07, 6.45) is 1.62. The Morgan fingerprint density at radius 2 is 2.00 bits per heavy atom. The lowest BCUT2D eigenvalue weighted by molar-refractivity contribution is -0.384. The molecule has 0 spiro atoms. The molecule has 0 unspecified atom stereocenters. The second-order valence-corrected chi connectivity index (χ2v) is 4.70. The largest absolute Gasteiger partial charge is 0.377 e. The summed E-state index contributed by atoms with van der Waals surface area (Å²) in [5, 5.41) is 14.1. The van der Waals surface area contributed by atoms with Crippen LogP contribution in [0, 0.1) is 10.1 Å². The number of hydrogen-bond acceptors (Lipinski definition) is 4. The van der Waals surface area contributed by atoms with Gasteiger partial charge in [-0.2, -0.15) is 0 Å². The van der Waals surface area contributed by atoms with Crippen LogP contribution in [0.15, 0.2) is 24.3 Å². The molecule has 0 aliphatic carbocycles. The minimum absolute atomic E-state index is 0.0872. The highest BCUT2D eigenvalue weighted by molar-refractivity contribution is 5.73. The van der Waals surface area contributed by atoms with E-state index in [1.807, 2.05) is 0 Å². The highest BCUT2D eigenvalue weighted by atomic mass is 16.6. The van der Waals surface area contributed by atoms with E-state index in [0.29, 0.717) is 18.8 Å². The minimum atomic E-state index is -0.382. The molecule has 0 radical (unpaired) electrons. The summed E-state index contributed by atoms with van der Waals surface area (Å²) in [6, 6.07) is 6.82. The summed E-state index contributed by atoms with van der Waals surface area (Å²) < 4.78 is 0. The standard InChI is InChI=1S/C13H17N3O3/c1-10(17)15-8-6-11(7-9-15)14-12-4-2-3-5-13(12)16(18)19/h2-5,11,14H,6-9H2,1H3. The Morgan fingerprint density at radius 3 is 2.58 bits per heavy atom. The zero-order chi connectivity index (χ0) is 13.8. The van der Waals surface area contributed by atoms with E-state index in [-0.39, 0.29) is 22.6 Å². The maximum absolute atomic E-state index is 11.2. The fourth-order valence-corrected chi connectivity index (χ4v) is 2.31. The summed E-state index contributed by atoms with van der Waals surface area (Å²) in [4.78, 5) is 23.6. The fourth-order valence-electron chi connectivity index (χ4n) is 2.31. The van der Waals surface area contributed by atoms with Crippen LogP contribution in [0.1, 0.15) is 19.8 Å². The molecule has 0 aromatic heterocycles. The second-order valence-electron chi connectivity index (χ2n) is 4.70. The molecule has 102 valence electrons. The van der Waals surface area contributed by atoms with Crippen LogP contribution in [-0.4, -0.2) is 34.9 Å². The smallest absolute Gasteiger partial charge is 0.292 e. The predicted octanol–water partition coefficient (Wildman–Crippen LogP) is 2.02. The molecule has 1 aliphatic heterocycles. The van der Waals surface area contributed by atoms with Crippen LogP contribution in [0.5, 0.6) is 0 Å². The van der Waals surface area contributed by atoms with Crippen molar-refractivity contribution in [3.63, 3.8) is 0 Å². The van der Waals surface area contributed by atoms with Crippen molar-refractivity contribution in [1.29, 1.82) is 0 Å². The first-order valence-electron chi connectivity index (χ1n) is 6.33. The summed E-state index contributed by atoms with van der Waals surface area (Å²) in [5.74, 6) is 0.0872. The van der Waals surface area contributed by atoms with Crippen molar-refractivity contribution in [2.45, 2.75) is 25.8 Å². The average Bonchev–Trinajstić information content (AvgIpc) is 2.39. The molecule has 0 saturated carbocycles. The molecule has 0 atom stereocenters. The van der Waals surface area contributed by atoms with E-state index in [1.165, 1.54) is 6.07 Å². The summed E-state index contributed by atoms with van der Waals surface area (Å²) >= 11 is 0. The van der Waals surface area contributed by atoms with Crippen LogP contribution in [-0.2, 0) is 4.79 Å². The zero-order valence-corrected chi connectivity index (χ0v) is 10.8. The Kier molecular flexibility index (Phi) is 3.99. The fraction of sp³-hybridized carbons (Fsp3) is 0.462. The summed E-state index contributed by atoms with van der Waals surface area (Å²) in [5.41, 5.74) is 0.644. The number of piperidine rings is 1. The number of nitro groups is 1. The van der Waals surface area contributed by atoms with Gasteiger partial charge in [-0.1, -0.05) is 12.1 Å². The maximum atomic E-state index is 11.2. The van der Waals surface area contributed by atoms with Crippen LogP contribution in [0.3, 0.4) is 0 Å². The van der Waals surface area contributed by atoms with E-state index >= 15 is 0 Å². The Labute approximate surface area is 111 Å². The second kappa shape index (κ2) is 5.69. The van der Waals surface area contributed by atoms with Crippen molar-refractivity contribution in [3.05, 3.63) is 34.4 Å². The lowest BCUT2D eigenvalue weighted by Crippen LogP contribution is -2.41. The third kappa shape index (κ3) is 3.21. The molecule has 1 fully saturated rings. The van der Waals surface area contributed by atoms with Crippen molar-refractivity contribution in [2.75, 3.05) is 18.4 Å². The number of para-hydroxylation sites is 2. The molecule has 1 saturated heterocycles. The monoisotopic (exact) mass is 263 g/mol. The van der Waals surface area contributed by atoms with Gasteiger partial charge in [0, 0.05) is 32.1 Å². The molecule has 0 bridgehead atoms. The zero-order valence-electron chi connectivity index (χ0n) is 10.8. The predicted molar refractivity (Wildman–Crippen MR) is 72.0 cm³/mol. The third-order valence-electron chi connectivity index (χ3n) is 3.40. The van der Waals surface area contributed by atoms with Gasteiger partial charge in [0.15, 0.2) is 0 Å². The van der Waals surface area contributed by atoms with E-state index in [9.17, 15) is 14.9 Å². The van der Waals surface area contributed by atoms with E-state index in [2.05, 4.69) is 5.32 Å². The number of nitro benzene ring substituents is 1. The molecule has 1 aliphatic rings. The average molecular weight is 263 g/mol. The van der Waals surface area contributed by atoms with Crippen molar-refractivity contribution >= 4 is 17.3 Å².